The molecule has 1 aromatic rings. The first-order valence-electron chi connectivity index (χ1n) is 8.32. The topological polar surface area (TPSA) is 125 Å². The Bertz CT molecular complexity index is 723. The van der Waals surface area contributed by atoms with Crippen molar-refractivity contribution in [3.05, 3.63) is 47.5 Å². The second kappa shape index (κ2) is 11.6. The van der Waals surface area contributed by atoms with Crippen molar-refractivity contribution in [1.82, 2.24) is 15.8 Å². The normalized spacial score (nSPS) is 11.7. The van der Waals surface area contributed by atoms with Gasteiger partial charge in [-0.05, 0) is 11.5 Å². The number of carboxylic acid groups (broad SMARTS) is 1. The Morgan fingerprint density at radius 3 is 2.39 bits per heavy atom. The lowest BCUT2D eigenvalue weighted by atomic mass is 10.0. The second-order valence-electron chi connectivity index (χ2n) is 6.01. The Labute approximate surface area is 167 Å². The molecule has 0 fully saturated rings. The summed E-state index contributed by atoms with van der Waals surface area (Å²) in [6.07, 6.45) is 0.0611. The molecule has 3 N–H and O–H groups in total. The van der Waals surface area contributed by atoms with Gasteiger partial charge in [0.1, 0.15) is 19.2 Å². The maximum Gasteiger partial charge on any atom is 0.408 e. The molecule has 28 heavy (non-hydrogen) atoms. The minimum atomic E-state index is -1.34. The molecule has 0 saturated carbocycles. The first-order valence-corrected chi connectivity index (χ1v) is 8.76. The zero-order valence-corrected chi connectivity index (χ0v) is 16.2. The smallest absolute Gasteiger partial charge is 0.408 e. The van der Waals surface area contributed by atoms with Gasteiger partial charge in [-0.15, -0.1) is 0 Å². The first kappa shape index (κ1) is 23.0. The molecule has 1 rings (SSSR count). The molecule has 0 unspecified atom stereocenters. The van der Waals surface area contributed by atoms with E-state index >= 15 is 0 Å². The summed E-state index contributed by atoms with van der Waals surface area (Å²) >= 11 is 5.32. The summed E-state index contributed by atoms with van der Waals surface area (Å²) in [5.41, 5.74) is 3.84. The van der Waals surface area contributed by atoms with E-state index in [1.165, 1.54) is 0 Å². The molecular weight excluding hydrogens is 390 g/mol. The molecule has 0 radical (unpaired) electrons. The van der Waals surface area contributed by atoms with Crippen LogP contribution >= 0.6 is 11.6 Å². The van der Waals surface area contributed by atoms with Crippen LogP contribution in [0.15, 0.2) is 41.9 Å². The van der Waals surface area contributed by atoms with Gasteiger partial charge < -0.3 is 15.2 Å². The minimum Gasteiger partial charge on any atom is -0.480 e. The van der Waals surface area contributed by atoms with Crippen LogP contribution in [0.3, 0.4) is 0 Å². The van der Waals surface area contributed by atoms with Crippen molar-refractivity contribution in [1.29, 1.82) is 0 Å². The van der Waals surface area contributed by atoms with Gasteiger partial charge in [0.05, 0.1) is 0 Å². The number of aliphatic carboxylic acids is 1. The monoisotopic (exact) mass is 411 g/mol. The molecule has 0 heterocycles. The summed E-state index contributed by atoms with van der Waals surface area (Å²) in [7, 11) is 0. The van der Waals surface area contributed by atoms with Crippen LogP contribution in [-0.2, 0) is 25.7 Å². The van der Waals surface area contributed by atoms with E-state index in [1.807, 2.05) is 6.07 Å². The largest absolute Gasteiger partial charge is 0.480 e. The predicted octanol–water partition coefficient (Wildman–Crippen LogP) is 1.63. The molecule has 0 aliphatic heterocycles. The number of amides is 3. The highest BCUT2D eigenvalue weighted by atomic mass is 35.5. The molecule has 9 nitrogen and oxygen atoms in total. The van der Waals surface area contributed by atoms with E-state index in [0.717, 1.165) is 17.2 Å². The fraction of sp³-hybridized carbons (Fsp3) is 0.333. The van der Waals surface area contributed by atoms with Gasteiger partial charge in [0.2, 0.25) is 0 Å². The van der Waals surface area contributed by atoms with Gasteiger partial charge in [-0.2, -0.15) is 0 Å². The molecule has 3 amide bonds. The number of hydrogen-bond donors (Lipinski definition) is 3. The van der Waals surface area contributed by atoms with E-state index in [1.54, 1.807) is 38.1 Å². The molecule has 0 spiro atoms. The van der Waals surface area contributed by atoms with Crippen LogP contribution in [0.1, 0.15) is 19.4 Å². The number of ether oxygens (including phenoxy) is 1. The Morgan fingerprint density at radius 2 is 1.86 bits per heavy atom. The maximum atomic E-state index is 12.5. The Balaban J connectivity index is 2.73. The summed E-state index contributed by atoms with van der Waals surface area (Å²) in [5.74, 6) is -3.31. The quantitative estimate of drug-likeness (QED) is 0.441. The van der Waals surface area contributed by atoms with Crippen LogP contribution in [0, 0.1) is 5.92 Å². The third-order valence-electron chi connectivity index (χ3n) is 3.45. The zero-order chi connectivity index (χ0) is 21.1. The van der Waals surface area contributed by atoms with Crippen LogP contribution in [-0.4, -0.2) is 46.6 Å². The number of carbonyl (C=O) groups excluding carboxylic acids is 3. The predicted molar refractivity (Wildman–Crippen MR) is 101 cm³/mol. The summed E-state index contributed by atoms with van der Waals surface area (Å²) in [6.45, 7) is 2.58. The molecule has 0 saturated heterocycles. The van der Waals surface area contributed by atoms with Crippen molar-refractivity contribution in [2.75, 3.05) is 6.54 Å². The number of carboxylic acids is 1. The van der Waals surface area contributed by atoms with E-state index < -0.39 is 36.5 Å². The van der Waals surface area contributed by atoms with Crippen LogP contribution < -0.4 is 10.7 Å². The van der Waals surface area contributed by atoms with Crippen molar-refractivity contribution in [3.63, 3.8) is 0 Å². The standard InChI is InChI=1S/C18H22ClN3O6/c1-12(2)16(20-18(27)28-11-13-6-4-3-5-7-13)17(26)21-22(10-15(24)25)14(23)8-9-19/h3-9,12,16H,10-11H2,1-2H3,(H,20,27)(H,21,26)(H,24,25)/b9-8-/t16-/m0/s1. The molecule has 0 aromatic heterocycles. The molecule has 0 bridgehead atoms. The molecule has 10 heteroatoms. The highest BCUT2D eigenvalue weighted by molar-refractivity contribution is 6.26. The van der Waals surface area contributed by atoms with Crippen molar-refractivity contribution < 1.29 is 29.0 Å². The maximum absolute atomic E-state index is 12.5. The van der Waals surface area contributed by atoms with Crippen molar-refractivity contribution >= 4 is 35.5 Å². The Kier molecular flexibility index (Phi) is 9.52. The number of halogens is 1. The molecular formula is C18H22ClN3O6. The number of hydrogen-bond acceptors (Lipinski definition) is 5. The number of alkyl carbamates (subject to hydrolysis) is 1. The molecule has 1 aromatic carbocycles. The SMILES string of the molecule is CC(C)[C@H](NC(=O)OCc1ccccc1)C(=O)NN(CC(=O)O)C(=O)/C=C\Cl. The average Bonchev–Trinajstić information content (AvgIpc) is 2.64. The summed E-state index contributed by atoms with van der Waals surface area (Å²) in [6, 6.07) is 7.91. The number of hydrazine groups is 1. The molecule has 1 atom stereocenters. The first-order chi connectivity index (χ1) is 13.2. The van der Waals surface area contributed by atoms with Gasteiger partial charge >= 0.3 is 12.1 Å². The van der Waals surface area contributed by atoms with Crippen molar-refractivity contribution in [3.8, 4) is 0 Å². The molecule has 0 aliphatic carbocycles. The molecule has 0 aliphatic rings. The number of benzene rings is 1. The fourth-order valence-electron chi connectivity index (χ4n) is 2.08. The van der Waals surface area contributed by atoms with E-state index in [4.69, 9.17) is 21.4 Å². The summed E-state index contributed by atoms with van der Waals surface area (Å²) in [4.78, 5) is 47.3. The number of nitrogens with one attached hydrogen (secondary N) is 2. The lowest BCUT2D eigenvalue weighted by molar-refractivity contribution is -0.148. The van der Waals surface area contributed by atoms with Gasteiger partial charge in [0.25, 0.3) is 11.8 Å². The van der Waals surface area contributed by atoms with E-state index in [2.05, 4.69) is 10.7 Å². The third kappa shape index (κ3) is 8.09. The fourth-order valence-corrected chi connectivity index (χ4v) is 2.19. The van der Waals surface area contributed by atoms with Crippen molar-refractivity contribution in [2.24, 2.45) is 5.92 Å². The van der Waals surface area contributed by atoms with E-state index in [9.17, 15) is 19.2 Å². The van der Waals surface area contributed by atoms with Gasteiger partial charge in [-0.25, -0.2) is 9.80 Å². The number of rotatable bonds is 8. The summed E-state index contributed by atoms with van der Waals surface area (Å²) in [5, 5.41) is 11.9. The van der Waals surface area contributed by atoms with E-state index in [-0.39, 0.29) is 12.5 Å². The Morgan fingerprint density at radius 1 is 1.21 bits per heavy atom. The van der Waals surface area contributed by atoms with Crippen LogP contribution in [0.2, 0.25) is 0 Å². The molecule has 152 valence electrons. The van der Waals surface area contributed by atoms with Crippen molar-refractivity contribution in [2.45, 2.75) is 26.5 Å². The minimum absolute atomic E-state index is 0.0171. The van der Waals surface area contributed by atoms with Gasteiger partial charge in [0, 0.05) is 11.6 Å². The average molecular weight is 412 g/mol. The third-order valence-corrected chi connectivity index (χ3v) is 3.57. The van der Waals surface area contributed by atoms with Gasteiger partial charge in [0.15, 0.2) is 0 Å². The highest BCUT2D eigenvalue weighted by Gasteiger charge is 2.28. The van der Waals surface area contributed by atoms with Crippen LogP contribution in [0.25, 0.3) is 0 Å². The number of carbonyl (C=O) groups is 4. The van der Waals surface area contributed by atoms with Crippen LogP contribution in [0.4, 0.5) is 4.79 Å². The zero-order valence-electron chi connectivity index (χ0n) is 15.4. The van der Waals surface area contributed by atoms with Gasteiger partial charge in [-0.1, -0.05) is 55.8 Å². The lowest BCUT2D eigenvalue weighted by Gasteiger charge is -2.26. The lowest BCUT2D eigenvalue weighted by Crippen LogP contribution is -2.56. The highest BCUT2D eigenvalue weighted by Crippen LogP contribution is 2.05. The number of nitrogens with zero attached hydrogens (tertiary/aromatic N) is 1. The second-order valence-corrected chi connectivity index (χ2v) is 6.27. The van der Waals surface area contributed by atoms with E-state index in [0.29, 0.717) is 5.01 Å². The van der Waals surface area contributed by atoms with Crippen LogP contribution in [0.5, 0.6) is 0 Å². The van der Waals surface area contributed by atoms with Gasteiger partial charge in [-0.3, -0.25) is 19.8 Å². The Hall–Kier alpha value is -3.07. The summed E-state index contributed by atoms with van der Waals surface area (Å²) < 4.78 is 5.08.